The van der Waals surface area contributed by atoms with Crippen molar-refractivity contribution in [3.8, 4) is 5.75 Å². The minimum Gasteiger partial charge on any atom is -0.508 e. The van der Waals surface area contributed by atoms with E-state index in [1.54, 1.807) is 0 Å². The van der Waals surface area contributed by atoms with E-state index in [4.69, 9.17) is 5.11 Å². The normalized spacial score (nSPS) is 13.8. The highest BCUT2D eigenvalue weighted by molar-refractivity contribution is 5.96. The Labute approximate surface area is 117 Å². The van der Waals surface area contributed by atoms with Crippen LogP contribution in [0.1, 0.15) is 19.3 Å². The Bertz CT molecular complexity index is 482. The fraction of sp³-hybridized carbons (Fsp3) is 0.429. The number of rotatable bonds is 6. The number of carbonyl (C=O) groups is 2. The highest BCUT2D eigenvalue weighted by Gasteiger charge is 2.22. The highest BCUT2D eigenvalue weighted by Crippen LogP contribution is 2.31. The molecule has 6 nitrogen and oxygen atoms in total. The van der Waals surface area contributed by atoms with Crippen LogP contribution in [0.5, 0.6) is 5.75 Å². The van der Waals surface area contributed by atoms with Gasteiger partial charge in [0.25, 0.3) is 0 Å². The van der Waals surface area contributed by atoms with Crippen LogP contribution in [-0.2, 0) is 4.79 Å². The van der Waals surface area contributed by atoms with Crippen LogP contribution in [0.4, 0.5) is 10.5 Å². The Balaban J connectivity index is 1.99. The van der Waals surface area contributed by atoms with Gasteiger partial charge in [-0.3, -0.25) is 9.69 Å². The number of amides is 2. The van der Waals surface area contributed by atoms with Crippen LogP contribution < -0.4 is 10.2 Å². The Kier molecular flexibility index (Phi) is 4.45. The van der Waals surface area contributed by atoms with Crippen molar-refractivity contribution in [1.82, 2.24) is 5.32 Å². The molecule has 3 N–H and O–H groups in total. The molecule has 0 radical (unpaired) electrons. The van der Waals surface area contributed by atoms with Gasteiger partial charge in [0.2, 0.25) is 0 Å². The molecular formula is C14H18N2O4. The van der Waals surface area contributed by atoms with E-state index in [1.807, 2.05) is 0 Å². The molecule has 0 unspecified atom stereocenters. The lowest BCUT2D eigenvalue weighted by Gasteiger charge is -2.21. The van der Waals surface area contributed by atoms with Gasteiger partial charge in [0.15, 0.2) is 0 Å². The van der Waals surface area contributed by atoms with Crippen LogP contribution in [0.15, 0.2) is 24.3 Å². The van der Waals surface area contributed by atoms with Gasteiger partial charge in [0.1, 0.15) is 12.3 Å². The van der Waals surface area contributed by atoms with E-state index >= 15 is 0 Å². The van der Waals surface area contributed by atoms with Crippen LogP contribution in [-0.4, -0.2) is 35.3 Å². The quantitative estimate of drug-likeness (QED) is 0.740. The first-order chi connectivity index (χ1) is 9.56. The zero-order chi connectivity index (χ0) is 14.5. The number of aliphatic carboxylic acids is 1. The largest absolute Gasteiger partial charge is 0.508 e. The van der Waals surface area contributed by atoms with E-state index in [0.717, 1.165) is 11.3 Å². The summed E-state index contributed by atoms with van der Waals surface area (Å²) < 4.78 is 0. The predicted molar refractivity (Wildman–Crippen MR) is 73.8 cm³/mol. The van der Waals surface area contributed by atoms with Gasteiger partial charge in [-0.2, -0.15) is 0 Å². The molecule has 20 heavy (non-hydrogen) atoms. The van der Waals surface area contributed by atoms with Crippen molar-refractivity contribution < 1.29 is 19.8 Å². The summed E-state index contributed by atoms with van der Waals surface area (Å²) >= 11 is 0. The maximum Gasteiger partial charge on any atom is 0.323 e. The van der Waals surface area contributed by atoms with Gasteiger partial charge in [0, 0.05) is 12.2 Å². The summed E-state index contributed by atoms with van der Waals surface area (Å²) in [5.74, 6) is -0.314. The molecule has 1 aromatic rings. The first-order valence-electron chi connectivity index (χ1n) is 6.62. The summed E-state index contributed by atoms with van der Waals surface area (Å²) in [7, 11) is 0. The van der Waals surface area contributed by atoms with Gasteiger partial charge in [-0.05, 0) is 36.6 Å². The number of nitrogens with zero attached hydrogens (tertiary/aromatic N) is 1. The van der Waals surface area contributed by atoms with Gasteiger partial charge in [0.05, 0.1) is 0 Å². The zero-order valence-corrected chi connectivity index (χ0v) is 11.1. The number of carbonyl (C=O) groups excluding carboxylic acids is 1. The number of nitrogens with one attached hydrogen (secondary N) is 1. The van der Waals surface area contributed by atoms with Gasteiger partial charge >= 0.3 is 12.0 Å². The topological polar surface area (TPSA) is 89.9 Å². The molecule has 0 aromatic heterocycles. The number of phenols is 1. The predicted octanol–water partition coefficient (Wildman–Crippen LogP) is 1.79. The molecule has 1 aliphatic carbocycles. The lowest BCUT2D eigenvalue weighted by molar-refractivity contribution is -0.135. The molecule has 0 spiro atoms. The second-order valence-electron chi connectivity index (χ2n) is 4.96. The number of phenolic OH excluding ortho intramolecular Hbond substituents is 1. The van der Waals surface area contributed by atoms with Crippen molar-refractivity contribution in [2.75, 3.05) is 18.0 Å². The van der Waals surface area contributed by atoms with Crippen molar-refractivity contribution in [1.29, 1.82) is 0 Å². The average Bonchev–Trinajstić information content (AvgIpc) is 3.21. The minimum absolute atomic E-state index is 0.0677. The molecule has 1 saturated carbocycles. The first kappa shape index (κ1) is 14.2. The van der Waals surface area contributed by atoms with E-state index in [2.05, 4.69) is 5.32 Å². The molecule has 1 fully saturated rings. The Morgan fingerprint density at radius 3 is 2.45 bits per heavy atom. The molecule has 1 aromatic carbocycles. The average molecular weight is 278 g/mol. The Morgan fingerprint density at radius 2 is 1.90 bits per heavy atom. The second kappa shape index (κ2) is 6.27. The number of benzene rings is 1. The van der Waals surface area contributed by atoms with E-state index in [9.17, 15) is 14.7 Å². The van der Waals surface area contributed by atoms with Crippen LogP contribution in [0.2, 0.25) is 0 Å². The van der Waals surface area contributed by atoms with Crippen molar-refractivity contribution in [3.05, 3.63) is 24.3 Å². The van der Waals surface area contributed by atoms with E-state index in [0.29, 0.717) is 18.2 Å². The molecule has 0 bridgehead atoms. The number of carboxylic acid groups (broad SMARTS) is 1. The smallest absolute Gasteiger partial charge is 0.323 e. The summed E-state index contributed by atoms with van der Waals surface area (Å²) in [6, 6.07) is 5.43. The summed E-state index contributed by atoms with van der Waals surface area (Å²) in [5, 5.41) is 20.9. The summed E-state index contributed by atoms with van der Waals surface area (Å²) in [6.07, 6.45) is 3.36. The second-order valence-corrected chi connectivity index (χ2v) is 4.96. The SMILES string of the molecule is O=C(O)CN(C(=O)NCCC1CC1)c1ccc(O)cc1. The molecule has 0 aliphatic heterocycles. The molecular weight excluding hydrogens is 260 g/mol. The van der Waals surface area contributed by atoms with Crippen LogP contribution in [0, 0.1) is 5.92 Å². The van der Waals surface area contributed by atoms with Gasteiger partial charge in [-0.15, -0.1) is 0 Å². The van der Waals surface area contributed by atoms with Crippen molar-refractivity contribution in [2.24, 2.45) is 5.92 Å². The number of carboxylic acids is 1. The third kappa shape index (κ3) is 4.15. The number of aromatic hydroxyl groups is 1. The van der Waals surface area contributed by atoms with Crippen molar-refractivity contribution in [2.45, 2.75) is 19.3 Å². The molecule has 0 saturated heterocycles. The monoisotopic (exact) mass is 278 g/mol. The Morgan fingerprint density at radius 1 is 1.25 bits per heavy atom. The van der Waals surface area contributed by atoms with Crippen LogP contribution >= 0.6 is 0 Å². The van der Waals surface area contributed by atoms with Gasteiger partial charge in [-0.25, -0.2) is 4.79 Å². The number of hydrogen-bond acceptors (Lipinski definition) is 3. The number of anilines is 1. The molecule has 6 heteroatoms. The third-order valence-corrected chi connectivity index (χ3v) is 3.23. The zero-order valence-electron chi connectivity index (χ0n) is 11.1. The first-order valence-corrected chi connectivity index (χ1v) is 6.62. The van der Waals surface area contributed by atoms with Crippen molar-refractivity contribution >= 4 is 17.7 Å². The lowest BCUT2D eigenvalue weighted by atomic mass is 10.2. The van der Waals surface area contributed by atoms with E-state index in [-0.39, 0.29) is 5.75 Å². The summed E-state index contributed by atoms with van der Waals surface area (Å²) in [4.78, 5) is 24.1. The van der Waals surface area contributed by atoms with Gasteiger partial charge < -0.3 is 15.5 Å². The molecule has 0 heterocycles. The summed E-state index contributed by atoms with van der Waals surface area (Å²) in [6.45, 7) is 0.137. The Hall–Kier alpha value is -2.24. The lowest BCUT2D eigenvalue weighted by Crippen LogP contribution is -2.43. The fourth-order valence-electron chi connectivity index (χ4n) is 1.93. The number of hydrogen-bond donors (Lipinski definition) is 3. The maximum atomic E-state index is 12.1. The van der Waals surface area contributed by atoms with Crippen LogP contribution in [0.25, 0.3) is 0 Å². The van der Waals surface area contributed by atoms with Crippen molar-refractivity contribution in [3.63, 3.8) is 0 Å². The third-order valence-electron chi connectivity index (χ3n) is 3.23. The standard InChI is InChI=1S/C14H18N2O4/c17-12-5-3-11(4-6-12)16(9-13(18)19)14(20)15-8-7-10-1-2-10/h3-6,10,17H,1-2,7-9H2,(H,15,20)(H,18,19). The molecule has 1 aliphatic rings. The molecule has 0 atom stereocenters. The molecule has 2 amide bonds. The van der Waals surface area contributed by atoms with E-state index in [1.165, 1.54) is 37.1 Å². The van der Waals surface area contributed by atoms with E-state index < -0.39 is 18.5 Å². The summed E-state index contributed by atoms with van der Waals surface area (Å²) in [5.41, 5.74) is 0.439. The molecule has 2 rings (SSSR count). The number of urea groups is 1. The van der Waals surface area contributed by atoms with Gasteiger partial charge in [-0.1, -0.05) is 12.8 Å². The minimum atomic E-state index is -1.09. The van der Waals surface area contributed by atoms with Crippen LogP contribution in [0.3, 0.4) is 0 Å². The molecule has 108 valence electrons. The fourth-order valence-corrected chi connectivity index (χ4v) is 1.93. The maximum absolute atomic E-state index is 12.1. The highest BCUT2D eigenvalue weighted by atomic mass is 16.4.